The molecular weight excluding hydrogens is 432 g/mol. The Morgan fingerprint density at radius 3 is 2.17 bits per heavy atom. The van der Waals surface area contributed by atoms with Gasteiger partial charge in [-0.2, -0.15) is 4.57 Å². The smallest absolute Gasteiger partial charge is 0.252 e. The van der Waals surface area contributed by atoms with Crippen molar-refractivity contribution in [1.82, 2.24) is 5.32 Å². The number of hydrogen-bond acceptors (Lipinski definition) is 3. The van der Waals surface area contributed by atoms with Gasteiger partial charge >= 0.3 is 0 Å². The van der Waals surface area contributed by atoms with Crippen LogP contribution in [0.25, 0.3) is 0 Å². The second kappa shape index (κ2) is 11.1. The molecule has 1 amide bonds. The van der Waals surface area contributed by atoms with Gasteiger partial charge in [-0.3, -0.25) is 9.59 Å². The highest BCUT2D eigenvalue weighted by atomic mass is 79.9. The second-order valence-corrected chi connectivity index (χ2v) is 6.31. The molecule has 0 saturated heterocycles. The van der Waals surface area contributed by atoms with Gasteiger partial charge in [0.25, 0.3) is 5.91 Å². The van der Waals surface area contributed by atoms with Crippen molar-refractivity contribution in [1.29, 1.82) is 0 Å². The van der Waals surface area contributed by atoms with Crippen LogP contribution >= 0.6 is 0 Å². The van der Waals surface area contributed by atoms with E-state index in [0.29, 0.717) is 24.3 Å². The van der Waals surface area contributed by atoms with Gasteiger partial charge in [-0.1, -0.05) is 30.3 Å². The highest BCUT2D eigenvalue weighted by Crippen LogP contribution is 2.12. The maximum atomic E-state index is 12.4. The summed E-state index contributed by atoms with van der Waals surface area (Å²) in [6, 6.07) is 20.3. The molecular formula is C23H23BrN2O3. The van der Waals surface area contributed by atoms with E-state index in [4.69, 9.17) is 4.74 Å². The van der Waals surface area contributed by atoms with Gasteiger partial charge < -0.3 is 27.0 Å². The number of hydrogen-bond donors (Lipinski definition) is 1. The molecule has 1 aromatic heterocycles. The van der Waals surface area contributed by atoms with Crippen molar-refractivity contribution in [2.75, 3.05) is 6.61 Å². The van der Waals surface area contributed by atoms with Crippen LogP contribution in [0.4, 0.5) is 0 Å². The van der Waals surface area contributed by atoms with Crippen LogP contribution in [0.1, 0.15) is 33.2 Å². The van der Waals surface area contributed by atoms with Crippen LogP contribution in [-0.4, -0.2) is 18.3 Å². The number of halogens is 1. The molecule has 29 heavy (non-hydrogen) atoms. The molecule has 0 aliphatic heterocycles. The molecule has 0 spiro atoms. The monoisotopic (exact) mass is 454 g/mol. The Morgan fingerprint density at radius 1 is 0.897 bits per heavy atom. The Hall–Kier alpha value is -2.99. The summed E-state index contributed by atoms with van der Waals surface area (Å²) in [5.41, 5.74) is 2.23. The molecule has 0 bridgehead atoms. The lowest BCUT2D eigenvalue weighted by atomic mass is 10.1. The van der Waals surface area contributed by atoms with Crippen LogP contribution in [0.15, 0.2) is 79.1 Å². The van der Waals surface area contributed by atoms with E-state index >= 15 is 0 Å². The first kappa shape index (κ1) is 22.3. The fraction of sp³-hybridized carbons (Fsp3) is 0.174. The van der Waals surface area contributed by atoms with Gasteiger partial charge in [-0.15, -0.1) is 0 Å². The number of carbonyl (C=O) groups is 2. The molecule has 3 rings (SSSR count). The minimum absolute atomic E-state index is 0. The topological polar surface area (TPSA) is 59.3 Å². The number of carbonyl (C=O) groups excluding carboxylic acids is 2. The van der Waals surface area contributed by atoms with E-state index in [-0.39, 0.29) is 35.2 Å². The molecule has 1 heterocycles. The SMILES string of the molecule is CCOc1ccc(C(=O)C[n+]2ccc(C(=O)NCc3ccccc3)cc2)cc1.[Br-]. The maximum Gasteiger partial charge on any atom is 0.252 e. The van der Waals surface area contributed by atoms with E-state index in [1.165, 1.54) is 0 Å². The summed E-state index contributed by atoms with van der Waals surface area (Å²) < 4.78 is 7.14. The molecule has 150 valence electrons. The number of ether oxygens (including phenoxy) is 1. The van der Waals surface area contributed by atoms with E-state index in [0.717, 1.165) is 11.3 Å². The minimum Gasteiger partial charge on any atom is -1.00 e. The highest BCUT2D eigenvalue weighted by Gasteiger charge is 2.14. The van der Waals surface area contributed by atoms with Crippen LogP contribution in [0.3, 0.4) is 0 Å². The number of nitrogens with zero attached hydrogens (tertiary/aromatic N) is 1. The van der Waals surface area contributed by atoms with Crippen LogP contribution in [-0.2, 0) is 13.1 Å². The average molecular weight is 455 g/mol. The molecule has 0 unspecified atom stereocenters. The van der Waals surface area contributed by atoms with Gasteiger partial charge in [0.15, 0.2) is 12.4 Å². The second-order valence-electron chi connectivity index (χ2n) is 6.31. The van der Waals surface area contributed by atoms with E-state index in [1.54, 1.807) is 53.4 Å². The normalized spacial score (nSPS) is 9.97. The van der Waals surface area contributed by atoms with Gasteiger partial charge in [-0.05, 0) is 36.8 Å². The van der Waals surface area contributed by atoms with Crippen molar-refractivity contribution in [2.45, 2.75) is 20.0 Å². The Balaban J connectivity index is 0.00000300. The molecule has 0 fully saturated rings. The van der Waals surface area contributed by atoms with Crippen molar-refractivity contribution in [2.24, 2.45) is 0 Å². The van der Waals surface area contributed by atoms with Crippen LogP contribution in [0.5, 0.6) is 5.75 Å². The predicted octanol–water partition coefficient (Wildman–Crippen LogP) is 0.190. The zero-order chi connectivity index (χ0) is 19.8. The first-order chi connectivity index (χ1) is 13.7. The zero-order valence-corrected chi connectivity index (χ0v) is 17.8. The Morgan fingerprint density at radius 2 is 1.55 bits per heavy atom. The third-order valence-electron chi connectivity index (χ3n) is 4.26. The molecule has 2 aromatic carbocycles. The first-order valence-corrected chi connectivity index (χ1v) is 9.23. The fourth-order valence-electron chi connectivity index (χ4n) is 2.76. The van der Waals surface area contributed by atoms with Crippen LogP contribution < -0.4 is 31.6 Å². The summed E-state index contributed by atoms with van der Waals surface area (Å²) in [4.78, 5) is 24.7. The summed E-state index contributed by atoms with van der Waals surface area (Å²) in [6.07, 6.45) is 3.48. The van der Waals surface area contributed by atoms with Crippen molar-refractivity contribution >= 4 is 11.7 Å². The van der Waals surface area contributed by atoms with Crippen LogP contribution in [0.2, 0.25) is 0 Å². The molecule has 0 saturated carbocycles. The summed E-state index contributed by atoms with van der Waals surface area (Å²) >= 11 is 0. The highest BCUT2D eigenvalue weighted by molar-refractivity contribution is 5.95. The minimum atomic E-state index is -0.145. The summed E-state index contributed by atoms with van der Waals surface area (Å²) in [6.45, 7) is 3.19. The number of pyridine rings is 1. The third kappa shape index (κ3) is 6.54. The largest absolute Gasteiger partial charge is 1.00 e. The van der Waals surface area contributed by atoms with Gasteiger partial charge in [0.2, 0.25) is 12.3 Å². The predicted molar refractivity (Wildman–Crippen MR) is 106 cm³/mol. The number of rotatable bonds is 8. The first-order valence-electron chi connectivity index (χ1n) is 9.23. The summed E-state index contributed by atoms with van der Waals surface area (Å²) in [5.74, 6) is 0.598. The Kier molecular flexibility index (Phi) is 8.55. The standard InChI is InChI=1S/C23H22N2O3.BrH/c1-2-28-21-10-8-19(9-11-21)22(26)17-25-14-12-20(13-15-25)23(27)24-16-18-6-4-3-5-7-18;/h3-15H,2,16-17H2,1H3;1H. The summed E-state index contributed by atoms with van der Waals surface area (Å²) in [5, 5.41) is 2.89. The van der Waals surface area contributed by atoms with Crippen molar-refractivity contribution < 1.29 is 35.9 Å². The van der Waals surface area contributed by atoms with Gasteiger partial charge in [0, 0.05) is 24.2 Å². The molecule has 0 aliphatic carbocycles. The Labute approximate surface area is 181 Å². The molecule has 6 heteroatoms. The fourth-order valence-corrected chi connectivity index (χ4v) is 2.76. The molecule has 5 nitrogen and oxygen atoms in total. The van der Waals surface area contributed by atoms with Gasteiger partial charge in [-0.25, -0.2) is 0 Å². The number of nitrogens with one attached hydrogen (secondary N) is 1. The quantitative estimate of drug-likeness (QED) is 0.390. The lowest BCUT2D eigenvalue weighted by molar-refractivity contribution is -0.683. The Bertz CT molecular complexity index is 927. The van der Waals surface area contributed by atoms with Gasteiger partial charge in [0.05, 0.1) is 12.2 Å². The van der Waals surface area contributed by atoms with Crippen molar-refractivity contribution in [3.05, 3.63) is 95.8 Å². The average Bonchev–Trinajstić information content (AvgIpc) is 2.74. The zero-order valence-electron chi connectivity index (χ0n) is 16.2. The molecule has 3 aromatic rings. The lowest BCUT2D eigenvalue weighted by Crippen LogP contribution is -3.00. The third-order valence-corrected chi connectivity index (χ3v) is 4.26. The number of Topliss-reactive ketones (excluding diaryl/α,β-unsaturated/α-hetero) is 1. The van der Waals surface area contributed by atoms with E-state index in [9.17, 15) is 9.59 Å². The summed E-state index contributed by atoms with van der Waals surface area (Å²) in [7, 11) is 0. The van der Waals surface area contributed by atoms with Crippen LogP contribution in [0, 0.1) is 0 Å². The van der Waals surface area contributed by atoms with Crippen molar-refractivity contribution in [3.8, 4) is 5.75 Å². The molecule has 1 N–H and O–H groups in total. The molecule has 0 radical (unpaired) electrons. The molecule has 0 aliphatic rings. The van der Waals surface area contributed by atoms with Gasteiger partial charge in [0.1, 0.15) is 5.75 Å². The molecule has 0 atom stereocenters. The van der Waals surface area contributed by atoms with E-state index in [2.05, 4.69) is 5.32 Å². The lowest BCUT2D eigenvalue weighted by Gasteiger charge is -2.05. The van der Waals surface area contributed by atoms with E-state index < -0.39 is 0 Å². The number of benzene rings is 2. The number of amides is 1. The van der Waals surface area contributed by atoms with E-state index in [1.807, 2.05) is 37.3 Å². The number of aromatic nitrogens is 1. The number of ketones is 1. The van der Waals surface area contributed by atoms with Crippen molar-refractivity contribution in [3.63, 3.8) is 0 Å². The maximum absolute atomic E-state index is 12.4.